The van der Waals surface area contributed by atoms with E-state index in [1.54, 1.807) is 12.1 Å². The zero-order valence-corrected chi connectivity index (χ0v) is 13.2. The Morgan fingerprint density at radius 3 is 2.64 bits per heavy atom. The van der Waals surface area contributed by atoms with Gasteiger partial charge >= 0.3 is 0 Å². The molecule has 1 amide bonds. The van der Waals surface area contributed by atoms with Crippen LogP contribution >= 0.6 is 0 Å². The Hall–Kier alpha value is -2.20. The van der Waals surface area contributed by atoms with Crippen LogP contribution in [0.2, 0.25) is 0 Å². The van der Waals surface area contributed by atoms with E-state index in [0.717, 1.165) is 23.2 Å². The van der Waals surface area contributed by atoms with E-state index >= 15 is 0 Å². The van der Waals surface area contributed by atoms with E-state index in [0.29, 0.717) is 12.1 Å². The van der Waals surface area contributed by atoms with Crippen LogP contribution in [0.25, 0.3) is 11.1 Å². The zero-order valence-electron chi connectivity index (χ0n) is 13.2. The Morgan fingerprint density at radius 1 is 1.18 bits per heavy atom. The van der Waals surface area contributed by atoms with E-state index in [1.807, 2.05) is 44.1 Å². The van der Waals surface area contributed by atoms with Crippen molar-refractivity contribution in [3.05, 3.63) is 59.4 Å². The lowest BCUT2D eigenvalue weighted by Gasteiger charge is -2.11. The van der Waals surface area contributed by atoms with Gasteiger partial charge in [-0.2, -0.15) is 0 Å². The second-order valence-electron chi connectivity index (χ2n) is 5.60. The van der Waals surface area contributed by atoms with E-state index in [-0.39, 0.29) is 11.7 Å². The van der Waals surface area contributed by atoms with Crippen molar-refractivity contribution >= 4 is 5.91 Å². The van der Waals surface area contributed by atoms with E-state index in [4.69, 9.17) is 0 Å². The summed E-state index contributed by atoms with van der Waals surface area (Å²) in [6.45, 7) is 3.26. The minimum Gasteiger partial charge on any atom is -0.351 e. The molecule has 2 rings (SSSR count). The highest BCUT2D eigenvalue weighted by molar-refractivity contribution is 5.95. The fourth-order valence-electron chi connectivity index (χ4n) is 2.27. The summed E-state index contributed by atoms with van der Waals surface area (Å²) in [6.07, 6.45) is 0. The molecule has 0 bridgehead atoms. The smallest absolute Gasteiger partial charge is 0.251 e. The van der Waals surface area contributed by atoms with Gasteiger partial charge in [-0.15, -0.1) is 0 Å². The number of aryl methyl sites for hydroxylation is 1. The monoisotopic (exact) mass is 300 g/mol. The lowest BCUT2D eigenvalue weighted by molar-refractivity contribution is 0.0951. The summed E-state index contributed by atoms with van der Waals surface area (Å²) in [6, 6.07) is 12.1. The van der Waals surface area contributed by atoms with Gasteiger partial charge in [-0.3, -0.25) is 4.79 Å². The standard InChI is InChI=1S/C18H21FN2O/c1-13-11-16(19)7-8-17(13)14-5-4-6-15(12-14)18(22)20-9-10-21(2)3/h4-8,11-12H,9-10H2,1-3H3,(H,20,22). The van der Waals surface area contributed by atoms with Crippen molar-refractivity contribution in [1.82, 2.24) is 10.2 Å². The van der Waals surface area contributed by atoms with Crippen molar-refractivity contribution in [2.75, 3.05) is 27.2 Å². The van der Waals surface area contributed by atoms with Crippen molar-refractivity contribution in [3.63, 3.8) is 0 Å². The Kier molecular flexibility index (Phi) is 5.28. The van der Waals surface area contributed by atoms with Crippen LogP contribution in [0.1, 0.15) is 15.9 Å². The maximum Gasteiger partial charge on any atom is 0.251 e. The van der Waals surface area contributed by atoms with Gasteiger partial charge in [0.15, 0.2) is 0 Å². The first-order chi connectivity index (χ1) is 10.5. The van der Waals surface area contributed by atoms with E-state index in [1.165, 1.54) is 12.1 Å². The van der Waals surface area contributed by atoms with Crippen LogP contribution in [0.15, 0.2) is 42.5 Å². The van der Waals surface area contributed by atoms with E-state index in [2.05, 4.69) is 5.32 Å². The number of hydrogen-bond acceptors (Lipinski definition) is 2. The summed E-state index contributed by atoms with van der Waals surface area (Å²) < 4.78 is 13.2. The van der Waals surface area contributed by atoms with Crippen LogP contribution in [-0.4, -0.2) is 38.0 Å². The molecule has 0 aliphatic carbocycles. The Labute approximate surface area is 130 Å². The molecule has 0 fully saturated rings. The van der Waals surface area contributed by atoms with Gasteiger partial charge in [-0.05, 0) is 62.0 Å². The maximum atomic E-state index is 13.2. The third-order valence-electron chi connectivity index (χ3n) is 3.47. The Balaban J connectivity index is 2.17. The van der Waals surface area contributed by atoms with Crippen molar-refractivity contribution in [1.29, 1.82) is 0 Å². The molecule has 2 aromatic carbocycles. The highest BCUT2D eigenvalue weighted by Gasteiger charge is 2.08. The van der Waals surface area contributed by atoms with Crippen LogP contribution < -0.4 is 5.32 Å². The van der Waals surface area contributed by atoms with Crippen molar-refractivity contribution in [2.45, 2.75) is 6.92 Å². The van der Waals surface area contributed by atoms with Gasteiger partial charge in [0.1, 0.15) is 5.82 Å². The molecule has 3 nitrogen and oxygen atoms in total. The number of amides is 1. The quantitative estimate of drug-likeness (QED) is 0.920. The number of carbonyl (C=O) groups excluding carboxylic acids is 1. The molecule has 0 heterocycles. The van der Waals surface area contributed by atoms with Crippen LogP contribution in [0.3, 0.4) is 0 Å². The molecule has 0 aliphatic rings. The number of halogens is 1. The maximum absolute atomic E-state index is 13.2. The number of nitrogens with one attached hydrogen (secondary N) is 1. The lowest BCUT2D eigenvalue weighted by Crippen LogP contribution is -2.31. The van der Waals surface area contributed by atoms with Gasteiger partial charge in [0.2, 0.25) is 0 Å². The number of likely N-dealkylation sites (N-methyl/N-ethyl adjacent to an activating group) is 1. The van der Waals surface area contributed by atoms with Crippen LogP contribution in [0, 0.1) is 12.7 Å². The fraction of sp³-hybridized carbons (Fsp3) is 0.278. The van der Waals surface area contributed by atoms with Crippen molar-refractivity contribution in [3.8, 4) is 11.1 Å². The molecule has 1 N–H and O–H groups in total. The van der Waals surface area contributed by atoms with E-state index in [9.17, 15) is 9.18 Å². The molecule has 116 valence electrons. The number of nitrogens with zero attached hydrogens (tertiary/aromatic N) is 1. The first kappa shape index (κ1) is 16.2. The molecule has 0 aliphatic heterocycles. The highest BCUT2D eigenvalue weighted by atomic mass is 19.1. The molecule has 0 unspecified atom stereocenters. The predicted molar refractivity (Wildman–Crippen MR) is 87.5 cm³/mol. The summed E-state index contributed by atoms with van der Waals surface area (Å²) in [4.78, 5) is 14.2. The number of rotatable bonds is 5. The van der Waals surface area contributed by atoms with Gasteiger partial charge in [0, 0.05) is 18.7 Å². The second kappa shape index (κ2) is 7.18. The Morgan fingerprint density at radius 2 is 1.95 bits per heavy atom. The third-order valence-corrected chi connectivity index (χ3v) is 3.47. The molecule has 22 heavy (non-hydrogen) atoms. The predicted octanol–water partition coefficient (Wildman–Crippen LogP) is 3.09. The van der Waals surface area contributed by atoms with Gasteiger partial charge in [0.05, 0.1) is 0 Å². The fourth-order valence-corrected chi connectivity index (χ4v) is 2.27. The van der Waals surface area contributed by atoms with E-state index < -0.39 is 0 Å². The first-order valence-corrected chi connectivity index (χ1v) is 7.27. The SMILES string of the molecule is Cc1cc(F)ccc1-c1cccc(C(=O)NCCN(C)C)c1. The lowest BCUT2D eigenvalue weighted by atomic mass is 9.98. The molecule has 0 spiro atoms. The molecule has 2 aromatic rings. The van der Waals surface area contributed by atoms with Gasteiger partial charge in [-0.1, -0.05) is 18.2 Å². The average molecular weight is 300 g/mol. The van der Waals surface area contributed by atoms with Gasteiger partial charge < -0.3 is 10.2 Å². The molecule has 4 heteroatoms. The molecule has 0 saturated carbocycles. The average Bonchev–Trinajstić information content (AvgIpc) is 2.47. The number of carbonyl (C=O) groups is 1. The topological polar surface area (TPSA) is 32.3 Å². The minimum atomic E-state index is -0.251. The second-order valence-corrected chi connectivity index (χ2v) is 5.60. The normalized spacial score (nSPS) is 10.8. The third kappa shape index (κ3) is 4.15. The van der Waals surface area contributed by atoms with Crippen molar-refractivity contribution in [2.24, 2.45) is 0 Å². The molecule has 0 aromatic heterocycles. The van der Waals surface area contributed by atoms with Crippen LogP contribution in [0.4, 0.5) is 4.39 Å². The summed E-state index contributed by atoms with van der Waals surface area (Å²) in [7, 11) is 3.92. The largest absolute Gasteiger partial charge is 0.351 e. The Bertz CT molecular complexity index is 668. The van der Waals surface area contributed by atoms with Crippen molar-refractivity contribution < 1.29 is 9.18 Å². The molecular weight excluding hydrogens is 279 g/mol. The molecule has 0 saturated heterocycles. The summed E-state index contributed by atoms with van der Waals surface area (Å²) in [5.41, 5.74) is 3.31. The zero-order chi connectivity index (χ0) is 16.1. The molecule has 0 radical (unpaired) electrons. The van der Waals surface area contributed by atoms with Crippen LogP contribution in [0.5, 0.6) is 0 Å². The first-order valence-electron chi connectivity index (χ1n) is 7.27. The highest BCUT2D eigenvalue weighted by Crippen LogP contribution is 2.24. The number of benzene rings is 2. The van der Waals surface area contributed by atoms with Gasteiger partial charge in [-0.25, -0.2) is 4.39 Å². The molecular formula is C18H21FN2O. The van der Waals surface area contributed by atoms with Crippen LogP contribution in [-0.2, 0) is 0 Å². The minimum absolute atomic E-state index is 0.0940. The number of hydrogen-bond donors (Lipinski definition) is 1. The van der Waals surface area contributed by atoms with Gasteiger partial charge in [0.25, 0.3) is 5.91 Å². The summed E-state index contributed by atoms with van der Waals surface area (Å²) in [5, 5.41) is 2.89. The molecule has 0 atom stereocenters. The summed E-state index contributed by atoms with van der Waals surface area (Å²) >= 11 is 0. The summed E-state index contributed by atoms with van der Waals surface area (Å²) in [5.74, 6) is -0.345.